The van der Waals surface area contributed by atoms with E-state index in [1.807, 2.05) is 42.5 Å². The lowest BCUT2D eigenvalue weighted by Gasteiger charge is -2.27. The normalized spacial score (nSPS) is 13.0. The third-order valence-electron chi connectivity index (χ3n) is 12.5. The Kier molecular flexibility index (Phi) is 7.54. The fourth-order valence-electron chi connectivity index (χ4n) is 9.45. The predicted octanol–water partition coefficient (Wildman–Crippen LogP) is 15.7. The SMILES string of the molecule is CC1(C)c2ccccc2-c2cc(N(c3ccc(-c4ccc5c(c4)oc4cc6nc(-c7ccccc7)oc6cc45)cc3)c3ccc(-c4cccc5ccccc45)cc3)ccc21. The highest BCUT2D eigenvalue weighted by molar-refractivity contribution is 6.09. The molecule has 0 radical (unpaired) electrons. The summed E-state index contributed by atoms with van der Waals surface area (Å²) in [4.78, 5) is 7.14. The van der Waals surface area contributed by atoms with Gasteiger partial charge in [0.2, 0.25) is 5.89 Å². The maximum absolute atomic E-state index is 6.47. The van der Waals surface area contributed by atoms with Crippen LogP contribution in [0.1, 0.15) is 25.0 Å². The van der Waals surface area contributed by atoms with Crippen LogP contribution < -0.4 is 4.90 Å². The van der Waals surface area contributed by atoms with Crippen LogP contribution in [-0.2, 0) is 5.41 Å². The minimum absolute atomic E-state index is 0.0638. The van der Waals surface area contributed by atoms with Crippen molar-refractivity contribution in [3.8, 4) is 44.8 Å². The second kappa shape index (κ2) is 13.2. The highest BCUT2D eigenvalue weighted by Gasteiger charge is 2.35. The summed E-state index contributed by atoms with van der Waals surface area (Å²) in [6, 6.07) is 69.3. The van der Waals surface area contributed by atoms with Crippen LogP contribution in [0.2, 0.25) is 0 Å². The standard InChI is InChI=1S/C56H38N2O2/c1-56(2)49-18-9-8-16-45(49)47-32-42(28-30-50(47)56)58(41-26-21-37(22-27-41)44-17-10-14-36-11-6-7-15-43(36)44)40-24-19-35(20-25-40)39-23-29-46-48-33-54-51(34-53(48)59-52(46)31-39)57-55(60-54)38-12-4-3-5-13-38/h3-34H,1-2H3. The number of hydrogen-bond acceptors (Lipinski definition) is 4. The van der Waals surface area contributed by atoms with E-state index < -0.39 is 0 Å². The van der Waals surface area contributed by atoms with Crippen molar-refractivity contribution in [2.45, 2.75) is 19.3 Å². The van der Waals surface area contributed by atoms with Crippen LogP contribution in [0.3, 0.4) is 0 Å². The molecular formula is C56H38N2O2. The zero-order chi connectivity index (χ0) is 40.0. The van der Waals surface area contributed by atoms with Gasteiger partial charge in [-0.1, -0.05) is 135 Å². The fourth-order valence-corrected chi connectivity index (χ4v) is 9.45. The van der Waals surface area contributed by atoms with E-state index in [9.17, 15) is 0 Å². The fraction of sp³-hybridized carbons (Fsp3) is 0.0536. The maximum Gasteiger partial charge on any atom is 0.227 e. The van der Waals surface area contributed by atoms with Crippen LogP contribution in [0.4, 0.5) is 17.1 Å². The number of oxazole rings is 1. The second-order valence-electron chi connectivity index (χ2n) is 16.4. The predicted molar refractivity (Wildman–Crippen MR) is 247 cm³/mol. The van der Waals surface area contributed by atoms with E-state index in [0.717, 1.165) is 66.8 Å². The van der Waals surface area contributed by atoms with Crippen molar-refractivity contribution < 1.29 is 8.83 Å². The van der Waals surface area contributed by atoms with Gasteiger partial charge in [-0.15, -0.1) is 0 Å². The summed E-state index contributed by atoms with van der Waals surface area (Å²) in [5.74, 6) is 0.607. The Morgan fingerprint density at radius 1 is 0.400 bits per heavy atom. The molecular weight excluding hydrogens is 733 g/mol. The number of rotatable bonds is 6. The van der Waals surface area contributed by atoms with Crippen molar-refractivity contribution in [1.82, 2.24) is 4.98 Å². The number of anilines is 3. The number of hydrogen-bond donors (Lipinski definition) is 0. The monoisotopic (exact) mass is 770 g/mol. The molecule has 0 bridgehead atoms. The average molecular weight is 771 g/mol. The zero-order valence-corrected chi connectivity index (χ0v) is 33.2. The van der Waals surface area contributed by atoms with E-state index in [0.29, 0.717) is 5.89 Å². The third kappa shape index (κ3) is 5.41. The van der Waals surface area contributed by atoms with Crippen LogP contribution >= 0.6 is 0 Å². The summed E-state index contributed by atoms with van der Waals surface area (Å²) >= 11 is 0. The molecule has 0 unspecified atom stereocenters. The molecule has 60 heavy (non-hydrogen) atoms. The summed E-state index contributed by atoms with van der Waals surface area (Å²) in [7, 11) is 0. The first-order chi connectivity index (χ1) is 29.5. The molecule has 4 nitrogen and oxygen atoms in total. The van der Waals surface area contributed by atoms with Gasteiger partial charge in [0.15, 0.2) is 5.58 Å². The van der Waals surface area contributed by atoms with Crippen LogP contribution in [0.25, 0.3) is 88.6 Å². The molecule has 0 amide bonds. The molecule has 0 N–H and O–H groups in total. The van der Waals surface area contributed by atoms with Gasteiger partial charge in [0, 0.05) is 44.9 Å². The molecule has 4 heteroatoms. The van der Waals surface area contributed by atoms with Crippen molar-refractivity contribution in [2.24, 2.45) is 0 Å². The van der Waals surface area contributed by atoms with Gasteiger partial charge in [-0.2, -0.15) is 0 Å². The van der Waals surface area contributed by atoms with E-state index in [-0.39, 0.29) is 5.41 Å². The first-order valence-corrected chi connectivity index (χ1v) is 20.5. The van der Waals surface area contributed by atoms with Gasteiger partial charge in [0.25, 0.3) is 0 Å². The van der Waals surface area contributed by atoms with Gasteiger partial charge >= 0.3 is 0 Å². The molecule has 12 rings (SSSR count). The number of aromatic nitrogens is 1. The van der Waals surface area contributed by atoms with E-state index >= 15 is 0 Å². The summed E-state index contributed by atoms with van der Waals surface area (Å²) in [5, 5.41) is 4.55. The largest absolute Gasteiger partial charge is 0.456 e. The summed E-state index contributed by atoms with van der Waals surface area (Å²) in [5.41, 5.74) is 17.3. The van der Waals surface area contributed by atoms with Crippen LogP contribution in [0, 0.1) is 0 Å². The van der Waals surface area contributed by atoms with E-state index in [2.05, 4.69) is 170 Å². The molecule has 11 aromatic rings. The van der Waals surface area contributed by atoms with Gasteiger partial charge in [-0.05, 0) is 122 Å². The van der Waals surface area contributed by atoms with Crippen molar-refractivity contribution in [3.63, 3.8) is 0 Å². The molecule has 0 aliphatic heterocycles. The Morgan fingerprint density at radius 3 is 1.88 bits per heavy atom. The van der Waals surface area contributed by atoms with Crippen molar-refractivity contribution in [2.75, 3.05) is 4.90 Å². The van der Waals surface area contributed by atoms with Gasteiger partial charge in [-0.25, -0.2) is 4.98 Å². The van der Waals surface area contributed by atoms with Crippen LogP contribution in [-0.4, -0.2) is 4.98 Å². The number of fused-ring (bicyclic) bond motifs is 8. The average Bonchev–Trinajstić information content (AvgIpc) is 3.95. The Bertz CT molecular complexity index is 3440. The number of benzene rings is 9. The Balaban J connectivity index is 0.923. The minimum Gasteiger partial charge on any atom is -0.456 e. The molecule has 1 aliphatic carbocycles. The van der Waals surface area contributed by atoms with Crippen molar-refractivity contribution in [3.05, 3.63) is 205 Å². The first-order valence-electron chi connectivity index (χ1n) is 20.5. The Labute approximate surface area is 347 Å². The summed E-state index contributed by atoms with van der Waals surface area (Å²) in [6.45, 7) is 4.67. The molecule has 1 aliphatic rings. The number of nitrogens with zero attached hydrogens (tertiary/aromatic N) is 2. The quantitative estimate of drug-likeness (QED) is 0.169. The van der Waals surface area contributed by atoms with Crippen LogP contribution in [0.5, 0.6) is 0 Å². The molecule has 0 saturated carbocycles. The molecule has 2 heterocycles. The maximum atomic E-state index is 6.47. The second-order valence-corrected chi connectivity index (χ2v) is 16.4. The van der Waals surface area contributed by atoms with Crippen molar-refractivity contribution >= 4 is 60.9 Å². The van der Waals surface area contributed by atoms with Gasteiger partial charge in [-0.3, -0.25) is 0 Å². The molecule has 284 valence electrons. The smallest absolute Gasteiger partial charge is 0.227 e. The van der Waals surface area contributed by atoms with E-state index in [1.54, 1.807) is 0 Å². The first kappa shape index (κ1) is 34.4. The highest BCUT2D eigenvalue weighted by atomic mass is 16.4. The lowest BCUT2D eigenvalue weighted by atomic mass is 9.82. The van der Waals surface area contributed by atoms with Gasteiger partial charge < -0.3 is 13.7 Å². The molecule has 0 fully saturated rings. The minimum atomic E-state index is -0.0638. The molecule has 0 spiro atoms. The molecule has 0 atom stereocenters. The van der Waals surface area contributed by atoms with Crippen molar-refractivity contribution in [1.29, 1.82) is 0 Å². The lowest BCUT2D eigenvalue weighted by molar-refractivity contribution is 0.620. The highest BCUT2D eigenvalue weighted by Crippen LogP contribution is 2.51. The lowest BCUT2D eigenvalue weighted by Crippen LogP contribution is -2.15. The number of furan rings is 1. The van der Waals surface area contributed by atoms with Gasteiger partial charge in [0.05, 0.1) is 0 Å². The molecule has 2 aromatic heterocycles. The topological polar surface area (TPSA) is 42.4 Å². The molecule has 9 aromatic carbocycles. The van der Waals surface area contributed by atoms with Crippen LogP contribution in [0.15, 0.2) is 203 Å². The van der Waals surface area contributed by atoms with E-state index in [4.69, 9.17) is 13.8 Å². The Morgan fingerprint density at radius 2 is 1.05 bits per heavy atom. The summed E-state index contributed by atoms with van der Waals surface area (Å²) in [6.07, 6.45) is 0. The Hall–Kier alpha value is -7.69. The zero-order valence-electron chi connectivity index (χ0n) is 33.2. The third-order valence-corrected chi connectivity index (χ3v) is 12.5. The van der Waals surface area contributed by atoms with E-state index in [1.165, 1.54) is 44.2 Å². The van der Waals surface area contributed by atoms with Gasteiger partial charge in [0.1, 0.15) is 16.7 Å². The molecule has 0 saturated heterocycles. The summed E-state index contributed by atoms with van der Waals surface area (Å²) < 4.78 is 12.7.